The van der Waals surface area contributed by atoms with Gasteiger partial charge in [-0.05, 0) is 28.5 Å². The second kappa shape index (κ2) is 8.53. The van der Waals surface area contributed by atoms with Crippen molar-refractivity contribution in [2.24, 2.45) is 5.16 Å². The third kappa shape index (κ3) is 5.25. The van der Waals surface area contributed by atoms with Gasteiger partial charge in [0.15, 0.2) is 10.7 Å². The molecule has 0 saturated heterocycles. The lowest BCUT2D eigenvalue weighted by molar-refractivity contribution is -0.118. The molecule has 0 bridgehead atoms. The van der Waals surface area contributed by atoms with Crippen molar-refractivity contribution in [1.29, 1.82) is 0 Å². The largest absolute Gasteiger partial charge is 0.409 e. The predicted octanol–water partition coefficient (Wildman–Crippen LogP) is 2.31. The average molecular weight is 400 g/mol. The zero-order valence-corrected chi connectivity index (χ0v) is 14.5. The summed E-state index contributed by atoms with van der Waals surface area (Å²) in [5, 5.41) is 26.1. The van der Waals surface area contributed by atoms with Crippen LogP contribution in [0.4, 0.5) is 5.69 Å². The van der Waals surface area contributed by atoms with Gasteiger partial charge in [-0.3, -0.25) is 4.79 Å². The third-order valence-electron chi connectivity index (χ3n) is 2.58. The average Bonchev–Trinajstić information content (AvgIpc) is 2.97. The quantitative estimate of drug-likeness (QED) is 0.170. The Bertz CT molecular complexity index is 706. The fourth-order valence-electron chi connectivity index (χ4n) is 1.63. The van der Waals surface area contributed by atoms with Gasteiger partial charge in [-0.15, -0.1) is 0 Å². The maximum Gasteiger partial charge on any atom is 0.216 e. The molecule has 0 radical (unpaired) electrons. The van der Waals surface area contributed by atoms with Crippen LogP contribution in [0.2, 0.25) is 0 Å². The molecule has 8 nitrogen and oxygen atoms in total. The van der Waals surface area contributed by atoms with Crippen LogP contribution in [0.3, 0.4) is 0 Å². The Morgan fingerprint density at radius 2 is 2.30 bits per heavy atom. The fraction of sp³-hybridized carbons (Fsp3) is 0.231. The summed E-state index contributed by atoms with van der Waals surface area (Å²) in [7, 11) is 0. The van der Waals surface area contributed by atoms with Gasteiger partial charge in [-0.1, -0.05) is 38.9 Å². The number of halogens is 1. The number of oxime groups is 1. The molecule has 0 atom stereocenters. The van der Waals surface area contributed by atoms with Gasteiger partial charge in [0, 0.05) is 29.4 Å². The summed E-state index contributed by atoms with van der Waals surface area (Å²) in [6, 6.07) is 7.35. The van der Waals surface area contributed by atoms with E-state index in [0.717, 1.165) is 4.47 Å². The van der Waals surface area contributed by atoms with Crippen LogP contribution in [0.1, 0.15) is 12.6 Å². The lowest BCUT2D eigenvalue weighted by atomic mass is 10.3. The number of amides is 1. The highest BCUT2D eigenvalue weighted by molar-refractivity contribution is 9.10. The predicted molar refractivity (Wildman–Crippen MR) is 89.8 cm³/mol. The molecule has 2 aromatic rings. The number of amidine groups is 1. The number of aromatic nitrogens is 2. The van der Waals surface area contributed by atoms with Crippen molar-refractivity contribution in [3.05, 3.63) is 34.4 Å². The van der Waals surface area contributed by atoms with E-state index in [1.165, 1.54) is 18.7 Å². The van der Waals surface area contributed by atoms with E-state index >= 15 is 0 Å². The molecule has 1 aromatic carbocycles. The molecule has 2 rings (SSSR count). The first kappa shape index (κ1) is 17.3. The first-order chi connectivity index (χ1) is 11.1. The normalized spacial score (nSPS) is 11.3. The van der Waals surface area contributed by atoms with Crippen molar-refractivity contribution in [2.45, 2.75) is 11.9 Å². The number of hydrogen-bond acceptors (Lipinski definition) is 7. The molecule has 122 valence electrons. The summed E-state index contributed by atoms with van der Waals surface area (Å²) < 4.78 is 5.60. The van der Waals surface area contributed by atoms with Gasteiger partial charge in [-0.25, -0.2) is 4.63 Å². The molecule has 0 spiro atoms. The van der Waals surface area contributed by atoms with Gasteiger partial charge in [-0.2, -0.15) is 0 Å². The Balaban J connectivity index is 2.04. The molecule has 0 fully saturated rings. The van der Waals surface area contributed by atoms with Crippen molar-refractivity contribution in [3.8, 4) is 0 Å². The Kier molecular flexibility index (Phi) is 6.41. The minimum Gasteiger partial charge on any atom is -0.409 e. The number of anilines is 1. The standard InChI is InChI=1S/C13H14BrN5O3S/c1-8(20)15-5-6-23-13-11(18-22-19-13)12(17-21)16-10-4-2-3-9(14)7-10/h2-4,7,21H,5-6H2,1H3,(H,15,20)(H,16,17). The van der Waals surface area contributed by atoms with Crippen LogP contribution in [0.25, 0.3) is 0 Å². The number of nitrogens with zero attached hydrogens (tertiary/aromatic N) is 3. The topological polar surface area (TPSA) is 113 Å². The van der Waals surface area contributed by atoms with E-state index in [-0.39, 0.29) is 11.7 Å². The van der Waals surface area contributed by atoms with Crippen LogP contribution in [-0.2, 0) is 4.79 Å². The zero-order valence-electron chi connectivity index (χ0n) is 12.1. The number of rotatable bonds is 6. The summed E-state index contributed by atoms with van der Waals surface area (Å²) in [5.41, 5.74) is 1.00. The second-order valence-electron chi connectivity index (χ2n) is 4.33. The lowest BCUT2D eigenvalue weighted by Crippen LogP contribution is -2.22. The van der Waals surface area contributed by atoms with Gasteiger partial charge in [0.05, 0.1) is 0 Å². The van der Waals surface area contributed by atoms with E-state index in [1.807, 2.05) is 24.3 Å². The number of carbonyl (C=O) groups is 1. The highest BCUT2D eigenvalue weighted by Gasteiger charge is 2.18. The molecule has 23 heavy (non-hydrogen) atoms. The lowest BCUT2D eigenvalue weighted by Gasteiger charge is -2.07. The molecular weight excluding hydrogens is 386 g/mol. The summed E-state index contributed by atoms with van der Waals surface area (Å²) in [6.07, 6.45) is 0. The van der Waals surface area contributed by atoms with Gasteiger partial charge in [0.1, 0.15) is 0 Å². The van der Waals surface area contributed by atoms with Crippen LogP contribution in [0, 0.1) is 0 Å². The van der Waals surface area contributed by atoms with E-state index < -0.39 is 0 Å². The maximum atomic E-state index is 10.8. The van der Waals surface area contributed by atoms with E-state index in [2.05, 4.69) is 42.0 Å². The van der Waals surface area contributed by atoms with E-state index in [9.17, 15) is 10.0 Å². The van der Waals surface area contributed by atoms with E-state index in [4.69, 9.17) is 4.63 Å². The van der Waals surface area contributed by atoms with Crippen LogP contribution in [0.5, 0.6) is 0 Å². The SMILES string of the molecule is CC(=O)NCCSc1nonc1/C(=N/O)Nc1cccc(Br)c1. The highest BCUT2D eigenvalue weighted by Crippen LogP contribution is 2.21. The number of hydrogen-bond donors (Lipinski definition) is 3. The first-order valence-electron chi connectivity index (χ1n) is 6.55. The van der Waals surface area contributed by atoms with E-state index in [0.29, 0.717) is 28.7 Å². The minimum absolute atomic E-state index is 0.0990. The fourth-order valence-corrected chi connectivity index (χ4v) is 2.78. The highest BCUT2D eigenvalue weighted by atomic mass is 79.9. The maximum absolute atomic E-state index is 10.8. The van der Waals surface area contributed by atoms with Crippen molar-refractivity contribution >= 4 is 45.1 Å². The monoisotopic (exact) mass is 399 g/mol. The van der Waals surface area contributed by atoms with Crippen LogP contribution in [-0.4, -0.2) is 39.6 Å². The smallest absolute Gasteiger partial charge is 0.216 e. The molecule has 1 aromatic heterocycles. The van der Waals surface area contributed by atoms with Gasteiger partial charge >= 0.3 is 0 Å². The molecule has 0 unspecified atom stereocenters. The van der Waals surface area contributed by atoms with Crippen LogP contribution >= 0.6 is 27.7 Å². The molecule has 0 aliphatic carbocycles. The Morgan fingerprint density at radius 3 is 3.00 bits per heavy atom. The molecule has 0 aliphatic rings. The summed E-state index contributed by atoms with van der Waals surface area (Å²) in [6.45, 7) is 1.93. The summed E-state index contributed by atoms with van der Waals surface area (Å²) >= 11 is 4.69. The van der Waals surface area contributed by atoms with Crippen molar-refractivity contribution in [2.75, 3.05) is 17.6 Å². The van der Waals surface area contributed by atoms with Crippen molar-refractivity contribution < 1.29 is 14.6 Å². The summed E-state index contributed by atoms with van der Waals surface area (Å²) in [5.74, 6) is 0.598. The zero-order chi connectivity index (χ0) is 16.7. The van der Waals surface area contributed by atoms with Crippen molar-refractivity contribution in [3.63, 3.8) is 0 Å². The number of thioether (sulfide) groups is 1. The molecule has 3 N–H and O–H groups in total. The molecule has 0 aliphatic heterocycles. The third-order valence-corrected chi connectivity index (χ3v) is 4.03. The van der Waals surface area contributed by atoms with Gasteiger partial charge in [0.25, 0.3) is 0 Å². The number of carbonyl (C=O) groups excluding carboxylic acids is 1. The van der Waals surface area contributed by atoms with Gasteiger partial charge in [0.2, 0.25) is 11.7 Å². The van der Waals surface area contributed by atoms with Crippen LogP contribution in [0.15, 0.2) is 43.5 Å². The molecule has 1 amide bonds. The molecule has 0 saturated carbocycles. The molecule has 10 heteroatoms. The molecule has 1 heterocycles. The number of benzene rings is 1. The Hall–Kier alpha value is -2.07. The molecular formula is C13H14BrN5O3S. The van der Waals surface area contributed by atoms with Crippen molar-refractivity contribution in [1.82, 2.24) is 15.6 Å². The Labute approximate surface area is 144 Å². The number of nitrogens with one attached hydrogen (secondary N) is 2. The van der Waals surface area contributed by atoms with Gasteiger partial charge < -0.3 is 15.8 Å². The van der Waals surface area contributed by atoms with E-state index in [1.54, 1.807) is 0 Å². The minimum atomic E-state index is -0.0990. The van der Waals surface area contributed by atoms with Crippen LogP contribution < -0.4 is 10.6 Å². The summed E-state index contributed by atoms with van der Waals surface area (Å²) in [4.78, 5) is 10.8. The Morgan fingerprint density at radius 1 is 1.48 bits per heavy atom. The first-order valence-corrected chi connectivity index (χ1v) is 8.33. The second-order valence-corrected chi connectivity index (χ2v) is 6.33.